The minimum absolute atomic E-state index is 1.07. The number of anilines is 6. The van der Waals surface area contributed by atoms with Gasteiger partial charge in [0.1, 0.15) is 0 Å². The molecule has 0 radical (unpaired) electrons. The number of thiophene rings is 3. The molecular weight excluding hydrogens is 705 g/mol. The summed E-state index contributed by atoms with van der Waals surface area (Å²) in [5.41, 5.74) is 11.4. The van der Waals surface area contributed by atoms with Gasteiger partial charge in [-0.1, -0.05) is 60.7 Å². The quantitative estimate of drug-likeness (QED) is 0.140. The summed E-state index contributed by atoms with van der Waals surface area (Å²) in [5.74, 6) is 0. The zero-order chi connectivity index (χ0) is 35.4. The Morgan fingerprint density at radius 2 is 0.604 bits per heavy atom. The van der Waals surface area contributed by atoms with Crippen LogP contribution in [0.25, 0.3) is 41.8 Å². The maximum Gasteiger partial charge on any atom is 0.0492 e. The van der Waals surface area contributed by atoms with E-state index in [1.54, 1.807) is 22.7 Å². The highest BCUT2D eigenvalue weighted by Crippen LogP contribution is 2.41. The van der Waals surface area contributed by atoms with E-state index in [1.165, 1.54) is 41.8 Å². The second-order valence-corrected chi connectivity index (χ2v) is 15.4. The highest BCUT2D eigenvalue weighted by Gasteiger charge is 2.16. The van der Waals surface area contributed by atoms with Crippen LogP contribution in [-0.2, 0) is 0 Å². The number of benzene rings is 4. The van der Waals surface area contributed by atoms with E-state index in [0.717, 1.165) is 34.1 Å². The van der Waals surface area contributed by atoms with Crippen molar-refractivity contribution in [2.75, 3.05) is 9.80 Å². The maximum atomic E-state index is 4.27. The normalized spacial score (nSPS) is 11.0. The molecule has 9 aromatic rings. The van der Waals surface area contributed by atoms with Crippen molar-refractivity contribution in [1.82, 2.24) is 9.97 Å². The van der Waals surface area contributed by atoms with Crippen LogP contribution in [0.4, 0.5) is 34.1 Å². The summed E-state index contributed by atoms with van der Waals surface area (Å²) in [5, 5.41) is 4.24. The zero-order valence-corrected chi connectivity index (χ0v) is 30.9. The Labute approximate surface area is 321 Å². The van der Waals surface area contributed by atoms with Crippen molar-refractivity contribution >= 4 is 68.1 Å². The molecule has 0 amide bonds. The van der Waals surface area contributed by atoms with Crippen LogP contribution < -0.4 is 9.80 Å². The molecule has 0 atom stereocenters. The molecule has 5 heterocycles. The van der Waals surface area contributed by atoms with Gasteiger partial charge in [-0.05, 0) is 130 Å². The molecule has 4 aromatic carbocycles. The van der Waals surface area contributed by atoms with Crippen LogP contribution in [0.1, 0.15) is 0 Å². The number of nitrogens with zero attached hydrogens (tertiary/aromatic N) is 4. The fraction of sp³-hybridized carbons (Fsp3) is 0. The Morgan fingerprint density at radius 1 is 0.302 bits per heavy atom. The maximum absolute atomic E-state index is 4.27. The minimum Gasteiger partial charge on any atom is -0.310 e. The molecule has 9 rings (SSSR count). The van der Waals surface area contributed by atoms with Crippen LogP contribution in [-0.4, -0.2) is 9.97 Å². The van der Waals surface area contributed by atoms with Crippen LogP contribution in [0.15, 0.2) is 193 Å². The topological polar surface area (TPSA) is 32.3 Å². The summed E-state index contributed by atoms with van der Waals surface area (Å²) in [6.45, 7) is 0. The smallest absolute Gasteiger partial charge is 0.0492 e. The Hall–Kier alpha value is -6.12. The lowest BCUT2D eigenvalue weighted by Gasteiger charge is -2.25. The number of rotatable bonds is 10. The second-order valence-electron chi connectivity index (χ2n) is 12.4. The standard InChI is InChI=1S/C46H32N4S3/c1-3-43(51-31-1)33-5-13-37(14-6-33)49(41-23-27-47-28-24-41)39-17-9-35(10-18-39)45-21-22-46(53-45)36-11-19-40(20-12-36)50(42-25-29-48-30-26-42)38-15-7-34(8-16-38)44-4-2-32-52-44/h1-32H. The van der Waals surface area contributed by atoms with E-state index in [0.29, 0.717) is 0 Å². The molecule has 0 spiro atoms. The molecular formula is C46H32N4S3. The lowest BCUT2D eigenvalue weighted by atomic mass is 10.1. The van der Waals surface area contributed by atoms with Gasteiger partial charge < -0.3 is 9.80 Å². The van der Waals surface area contributed by atoms with Crippen LogP contribution in [0, 0.1) is 0 Å². The molecule has 53 heavy (non-hydrogen) atoms. The van der Waals surface area contributed by atoms with Gasteiger partial charge in [-0.3, -0.25) is 9.97 Å². The molecule has 0 fully saturated rings. The third-order valence-corrected chi connectivity index (χ3v) is 12.2. The second kappa shape index (κ2) is 14.9. The average molecular weight is 737 g/mol. The SMILES string of the molecule is c1csc(-c2ccc(N(c3ccncc3)c3ccc(-c4ccc(-c5ccc(N(c6ccncc6)c6ccc(-c7cccs7)cc6)cc5)s4)cc3)cc2)c1. The molecule has 0 aliphatic rings. The first-order chi connectivity index (χ1) is 26.3. The Balaban J connectivity index is 0.965. The van der Waals surface area contributed by atoms with Crippen molar-refractivity contribution in [1.29, 1.82) is 0 Å². The van der Waals surface area contributed by atoms with Gasteiger partial charge in [0, 0.05) is 78.4 Å². The summed E-state index contributed by atoms with van der Waals surface area (Å²) in [6, 6.07) is 56.4. The molecule has 0 bridgehead atoms. The Bertz CT molecular complexity index is 2330. The van der Waals surface area contributed by atoms with Crippen molar-refractivity contribution in [2.24, 2.45) is 0 Å². The molecule has 254 valence electrons. The Morgan fingerprint density at radius 3 is 0.906 bits per heavy atom. The van der Waals surface area contributed by atoms with Crippen LogP contribution in [0.3, 0.4) is 0 Å². The zero-order valence-electron chi connectivity index (χ0n) is 28.5. The molecule has 0 saturated heterocycles. The first kappa shape index (κ1) is 32.8. The third kappa shape index (κ3) is 6.93. The van der Waals surface area contributed by atoms with E-state index in [9.17, 15) is 0 Å². The van der Waals surface area contributed by atoms with Crippen LogP contribution in [0.2, 0.25) is 0 Å². The number of hydrogen-bond acceptors (Lipinski definition) is 7. The van der Waals surface area contributed by atoms with Gasteiger partial charge in [0.25, 0.3) is 0 Å². The summed E-state index contributed by atoms with van der Waals surface area (Å²) < 4.78 is 0. The van der Waals surface area contributed by atoms with Gasteiger partial charge in [0.15, 0.2) is 0 Å². The molecule has 0 aliphatic heterocycles. The number of hydrogen-bond donors (Lipinski definition) is 0. The lowest BCUT2D eigenvalue weighted by Crippen LogP contribution is -2.09. The average Bonchev–Trinajstić information content (AvgIpc) is 4.05. The van der Waals surface area contributed by atoms with E-state index < -0.39 is 0 Å². The highest BCUT2D eigenvalue weighted by atomic mass is 32.1. The summed E-state index contributed by atoms with van der Waals surface area (Å²) >= 11 is 5.33. The third-order valence-electron chi connectivity index (χ3n) is 9.13. The van der Waals surface area contributed by atoms with Crippen molar-refractivity contribution < 1.29 is 0 Å². The van der Waals surface area contributed by atoms with Crippen molar-refractivity contribution in [3.63, 3.8) is 0 Å². The minimum atomic E-state index is 1.07. The largest absolute Gasteiger partial charge is 0.310 e. The van der Waals surface area contributed by atoms with E-state index in [2.05, 4.69) is 188 Å². The summed E-state index contributed by atoms with van der Waals surface area (Å²) in [7, 11) is 0. The fourth-order valence-electron chi connectivity index (χ4n) is 6.51. The highest BCUT2D eigenvalue weighted by molar-refractivity contribution is 7.18. The van der Waals surface area contributed by atoms with E-state index in [1.807, 2.05) is 36.1 Å². The summed E-state index contributed by atoms with van der Waals surface area (Å²) in [6.07, 6.45) is 7.38. The number of pyridine rings is 2. The van der Waals surface area contributed by atoms with Gasteiger partial charge in [-0.2, -0.15) is 0 Å². The predicted molar refractivity (Wildman–Crippen MR) is 227 cm³/mol. The monoisotopic (exact) mass is 736 g/mol. The molecule has 7 heteroatoms. The fourth-order valence-corrected chi connectivity index (χ4v) is 9.00. The van der Waals surface area contributed by atoms with E-state index in [-0.39, 0.29) is 0 Å². The van der Waals surface area contributed by atoms with Crippen molar-refractivity contribution in [3.05, 3.63) is 193 Å². The van der Waals surface area contributed by atoms with E-state index in [4.69, 9.17) is 0 Å². The first-order valence-corrected chi connectivity index (χ1v) is 19.8. The number of aromatic nitrogens is 2. The lowest BCUT2D eigenvalue weighted by molar-refractivity contribution is 1.24. The molecule has 5 aromatic heterocycles. The first-order valence-electron chi connectivity index (χ1n) is 17.3. The molecule has 0 aliphatic carbocycles. The van der Waals surface area contributed by atoms with Crippen LogP contribution >= 0.6 is 34.0 Å². The Kier molecular flexibility index (Phi) is 9.18. The molecule has 0 saturated carbocycles. The van der Waals surface area contributed by atoms with Gasteiger partial charge in [0.05, 0.1) is 0 Å². The van der Waals surface area contributed by atoms with Gasteiger partial charge in [-0.15, -0.1) is 34.0 Å². The molecule has 0 unspecified atom stereocenters. The summed E-state index contributed by atoms with van der Waals surface area (Å²) in [4.78, 5) is 18.1. The molecule has 4 nitrogen and oxygen atoms in total. The van der Waals surface area contributed by atoms with Gasteiger partial charge >= 0.3 is 0 Å². The van der Waals surface area contributed by atoms with Crippen molar-refractivity contribution in [3.8, 4) is 41.8 Å². The van der Waals surface area contributed by atoms with Crippen molar-refractivity contribution in [2.45, 2.75) is 0 Å². The van der Waals surface area contributed by atoms with Crippen LogP contribution in [0.5, 0.6) is 0 Å². The van der Waals surface area contributed by atoms with Gasteiger partial charge in [-0.25, -0.2) is 0 Å². The van der Waals surface area contributed by atoms with Gasteiger partial charge in [0.2, 0.25) is 0 Å². The van der Waals surface area contributed by atoms with E-state index >= 15 is 0 Å². The predicted octanol–water partition coefficient (Wildman–Crippen LogP) is 14.3. The molecule has 0 N–H and O–H groups in total.